The molecule has 0 aliphatic carbocycles. The Bertz CT molecular complexity index is 592. The first-order valence-corrected chi connectivity index (χ1v) is 8.89. The number of hydrogen-bond donors (Lipinski definition) is 1. The van der Waals surface area contributed by atoms with Gasteiger partial charge >= 0.3 is 0 Å². The molecule has 0 atom stereocenters. The Hall–Kier alpha value is -1.15. The number of carbonyl (C=O) groups is 1. The fourth-order valence-electron chi connectivity index (χ4n) is 2.46. The van der Waals surface area contributed by atoms with Gasteiger partial charge in [-0.15, -0.1) is 11.3 Å². The Morgan fingerprint density at radius 2 is 2.00 bits per heavy atom. The molecule has 0 saturated carbocycles. The lowest BCUT2D eigenvalue weighted by Gasteiger charge is -2.32. The van der Waals surface area contributed by atoms with Crippen LogP contribution in [0.5, 0.6) is 0 Å². The summed E-state index contributed by atoms with van der Waals surface area (Å²) in [5.41, 5.74) is 0.734. The number of nitrogens with one attached hydrogen (secondary N) is 1. The fraction of sp³-hybridized carbons (Fsp3) is 0.333. The van der Waals surface area contributed by atoms with Crippen LogP contribution in [0.4, 0.5) is 5.13 Å². The Labute approximate surface area is 141 Å². The van der Waals surface area contributed by atoms with Crippen molar-refractivity contribution in [2.75, 3.05) is 18.0 Å². The van der Waals surface area contributed by atoms with Crippen LogP contribution in [0.15, 0.2) is 35.8 Å². The molecule has 3 rings (SSSR count). The van der Waals surface area contributed by atoms with Crippen molar-refractivity contribution < 1.29 is 4.79 Å². The van der Waals surface area contributed by atoms with Gasteiger partial charge in [-0.2, -0.15) is 0 Å². The van der Waals surface area contributed by atoms with Crippen LogP contribution in [0, 0.1) is 3.57 Å². The highest BCUT2D eigenvalue weighted by molar-refractivity contribution is 14.1. The molecular weight excluding hydrogens is 397 g/mol. The van der Waals surface area contributed by atoms with Crippen molar-refractivity contribution in [3.63, 3.8) is 0 Å². The van der Waals surface area contributed by atoms with Gasteiger partial charge in [0.25, 0.3) is 5.91 Å². The molecule has 1 aliphatic heterocycles. The normalized spacial score (nSPS) is 16.0. The van der Waals surface area contributed by atoms with E-state index in [0.717, 1.165) is 40.2 Å². The van der Waals surface area contributed by atoms with E-state index in [0.29, 0.717) is 0 Å². The molecule has 1 saturated heterocycles. The first-order valence-electron chi connectivity index (χ1n) is 6.93. The Morgan fingerprint density at radius 1 is 1.29 bits per heavy atom. The molecule has 2 heterocycles. The number of amides is 1. The quantitative estimate of drug-likeness (QED) is 0.787. The molecule has 21 heavy (non-hydrogen) atoms. The van der Waals surface area contributed by atoms with Crippen molar-refractivity contribution >= 4 is 45.0 Å². The van der Waals surface area contributed by atoms with E-state index in [1.807, 2.05) is 35.8 Å². The summed E-state index contributed by atoms with van der Waals surface area (Å²) in [5.74, 6) is 0.0269. The maximum Gasteiger partial charge on any atom is 0.251 e. The summed E-state index contributed by atoms with van der Waals surface area (Å²) in [6.45, 7) is 1.90. The number of benzene rings is 1. The Balaban J connectivity index is 1.53. The van der Waals surface area contributed by atoms with Crippen molar-refractivity contribution in [1.82, 2.24) is 10.3 Å². The van der Waals surface area contributed by atoms with Gasteiger partial charge in [0.05, 0.1) is 0 Å². The zero-order chi connectivity index (χ0) is 14.7. The second-order valence-electron chi connectivity index (χ2n) is 5.06. The van der Waals surface area contributed by atoms with Crippen LogP contribution in [0.1, 0.15) is 23.2 Å². The smallest absolute Gasteiger partial charge is 0.251 e. The van der Waals surface area contributed by atoms with Crippen LogP contribution in [-0.2, 0) is 0 Å². The zero-order valence-corrected chi connectivity index (χ0v) is 14.4. The molecule has 0 bridgehead atoms. The Kier molecular flexibility index (Phi) is 4.74. The predicted molar refractivity (Wildman–Crippen MR) is 94.0 cm³/mol. The van der Waals surface area contributed by atoms with Gasteiger partial charge in [0.2, 0.25) is 0 Å². The summed E-state index contributed by atoms with van der Waals surface area (Å²) in [5, 5.41) is 6.22. The molecule has 1 fully saturated rings. The average Bonchev–Trinajstić information content (AvgIpc) is 3.03. The second-order valence-corrected chi connectivity index (χ2v) is 7.18. The third-order valence-corrected chi connectivity index (χ3v) is 5.18. The Morgan fingerprint density at radius 3 is 2.62 bits per heavy atom. The topological polar surface area (TPSA) is 45.2 Å². The van der Waals surface area contributed by atoms with E-state index in [-0.39, 0.29) is 11.9 Å². The van der Waals surface area contributed by atoms with E-state index in [1.54, 1.807) is 11.3 Å². The number of piperidine rings is 1. The largest absolute Gasteiger partial charge is 0.349 e. The molecule has 1 aromatic heterocycles. The second kappa shape index (κ2) is 6.74. The molecule has 1 amide bonds. The maximum absolute atomic E-state index is 12.2. The van der Waals surface area contributed by atoms with Crippen LogP contribution in [0.3, 0.4) is 0 Å². The molecular formula is C15H16IN3OS. The van der Waals surface area contributed by atoms with Gasteiger partial charge < -0.3 is 10.2 Å². The van der Waals surface area contributed by atoms with Gasteiger partial charge in [0.15, 0.2) is 5.13 Å². The number of carbonyl (C=O) groups excluding carboxylic acids is 1. The summed E-state index contributed by atoms with van der Waals surface area (Å²) in [6.07, 6.45) is 3.77. The molecule has 0 radical (unpaired) electrons. The molecule has 4 nitrogen and oxygen atoms in total. The lowest BCUT2D eigenvalue weighted by Crippen LogP contribution is -2.44. The van der Waals surface area contributed by atoms with E-state index < -0.39 is 0 Å². The van der Waals surface area contributed by atoms with Crippen molar-refractivity contribution in [3.8, 4) is 0 Å². The maximum atomic E-state index is 12.2. The average molecular weight is 413 g/mol. The molecule has 1 aromatic carbocycles. The van der Waals surface area contributed by atoms with E-state index in [4.69, 9.17) is 0 Å². The molecule has 0 unspecified atom stereocenters. The highest BCUT2D eigenvalue weighted by atomic mass is 127. The van der Waals surface area contributed by atoms with Gasteiger partial charge in [0, 0.05) is 39.8 Å². The van der Waals surface area contributed by atoms with E-state index in [2.05, 4.69) is 37.8 Å². The van der Waals surface area contributed by atoms with E-state index in [1.165, 1.54) is 0 Å². The SMILES string of the molecule is O=C(NC1CCN(c2nccs2)CC1)c1ccc(I)cc1. The van der Waals surface area contributed by atoms with Crippen LogP contribution in [0.25, 0.3) is 0 Å². The van der Waals surface area contributed by atoms with Gasteiger partial charge in [-0.1, -0.05) is 0 Å². The predicted octanol–water partition coefficient (Wildman–Crippen LogP) is 3.15. The number of anilines is 1. The molecule has 1 N–H and O–H groups in total. The number of thiazole rings is 1. The standard InChI is InChI=1S/C15H16IN3OS/c16-12-3-1-11(2-4-12)14(20)18-13-5-8-19(9-6-13)15-17-7-10-21-15/h1-4,7,10,13H,5-6,8-9H2,(H,18,20). The summed E-state index contributed by atoms with van der Waals surface area (Å²) >= 11 is 3.91. The van der Waals surface area contributed by atoms with Crippen LogP contribution in [-0.4, -0.2) is 30.0 Å². The summed E-state index contributed by atoms with van der Waals surface area (Å²) < 4.78 is 1.14. The number of nitrogens with zero attached hydrogens (tertiary/aromatic N) is 2. The van der Waals surface area contributed by atoms with E-state index >= 15 is 0 Å². The highest BCUT2D eigenvalue weighted by Crippen LogP contribution is 2.22. The van der Waals surface area contributed by atoms with E-state index in [9.17, 15) is 4.79 Å². The minimum atomic E-state index is 0.0269. The molecule has 2 aromatic rings. The summed E-state index contributed by atoms with van der Waals surface area (Å²) in [7, 11) is 0. The van der Waals surface area contributed by atoms with Crippen LogP contribution in [0.2, 0.25) is 0 Å². The zero-order valence-electron chi connectivity index (χ0n) is 11.5. The fourth-order valence-corrected chi connectivity index (χ4v) is 3.51. The monoisotopic (exact) mass is 413 g/mol. The third kappa shape index (κ3) is 3.74. The number of aromatic nitrogens is 1. The number of hydrogen-bond acceptors (Lipinski definition) is 4. The molecule has 1 aliphatic rings. The third-order valence-electron chi connectivity index (χ3n) is 3.63. The van der Waals surface area contributed by atoms with Crippen LogP contribution < -0.4 is 10.2 Å². The minimum absolute atomic E-state index is 0.0269. The first kappa shape index (κ1) is 14.8. The molecule has 110 valence electrons. The van der Waals surface area contributed by atoms with Gasteiger partial charge in [0.1, 0.15) is 0 Å². The molecule has 6 heteroatoms. The first-order chi connectivity index (χ1) is 10.2. The van der Waals surface area contributed by atoms with Crippen molar-refractivity contribution in [3.05, 3.63) is 45.0 Å². The molecule has 0 spiro atoms. The van der Waals surface area contributed by atoms with Crippen molar-refractivity contribution in [2.45, 2.75) is 18.9 Å². The van der Waals surface area contributed by atoms with Gasteiger partial charge in [-0.3, -0.25) is 4.79 Å². The lowest BCUT2D eigenvalue weighted by atomic mass is 10.0. The van der Waals surface area contributed by atoms with Crippen molar-refractivity contribution in [1.29, 1.82) is 0 Å². The van der Waals surface area contributed by atoms with Gasteiger partial charge in [-0.25, -0.2) is 4.98 Å². The number of rotatable bonds is 3. The van der Waals surface area contributed by atoms with Crippen LogP contribution >= 0.6 is 33.9 Å². The highest BCUT2D eigenvalue weighted by Gasteiger charge is 2.22. The van der Waals surface area contributed by atoms with Crippen molar-refractivity contribution in [2.24, 2.45) is 0 Å². The summed E-state index contributed by atoms with van der Waals surface area (Å²) in [6, 6.07) is 7.93. The summed E-state index contributed by atoms with van der Waals surface area (Å²) in [4.78, 5) is 18.8. The number of halogens is 1. The lowest BCUT2D eigenvalue weighted by molar-refractivity contribution is 0.0931. The minimum Gasteiger partial charge on any atom is -0.349 e. The van der Waals surface area contributed by atoms with Gasteiger partial charge in [-0.05, 0) is 59.7 Å².